The molecule has 1 aromatic heterocycles. The highest BCUT2D eigenvalue weighted by Crippen LogP contribution is 2.31. The highest BCUT2D eigenvalue weighted by molar-refractivity contribution is 7.21. The van der Waals surface area contributed by atoms with Gasteiger partial charge in [-0.3, -0.25) is 0 Å². The van der Waals surface area contributed by atoms with E-state index in [9.17, 15) is 13.2 Å². The predicted octanol–water partition coefficient (Wildman–Crippen LogP) is -0.302. The van der Waals surface area contributed by atoms with Crippen LogP contribution in [0.1, 0.15) is 0 Å². The van der Waals surface area contributed by atoms with Crippen molar-refractivity contribution < 1.29 is 46.5 Å². The highest BCUT2D eigenvalue weighted by atomic mass is 127. The molecule has 0 radical (unpaired) electrons. The number of fused-ring (bicyclic) bond motifs is 1. The standard InChI is InChI=1S/C13H12F3N2OS.HI/c1-4-7-17(2)12-18(3)10-6-5-9(8-11(10)20-12)19-13(14,15)16;/h1,5-6,8H,7H2,2-3H3;1H/q+1;/p-1. The van der Waals surface area contributed by atoms with Gasteiger partial charge in [0, 0.05) is 6.07 Å². The molecule has 0 saturated heterocycles. The lowest BCUT2D eigenvalue weighted by Crippen LogP contribution is -3.00. The molecule has 21 heavy (non-hydrogen) atoms. The van der Waals surface area contributed by atoms with Crippen LogP contribution in [0.4, 0.5) is 18.3 Å². The van der Waals surface area contributed by atoms with Crippen molar-refractivity contribution >= 4 is 26.7 Å². The number of nitrogens with zero attached hydrogens (tertiary/aromatic N) is 2. The molecule has 0 atom stereocenters. The fourth-order valence-corrected chi connectivity index (χ4v) is 3.00. The summed E-state index contributed by atoms with van der Waals surface area (Å²) < 4.78 is 43.1. The van der Waals surface area contributed by atoms with Gasteiger partial charge in [-0.1, -0.05) is 5.92 Å². The first-order chi connectivity index (χ1) is 9.31. The molecule has 1 heterocycles. The summed E-state index contributed by atoms with van der Waals surface area (Å²) in [6.45, 7) is 0.423. The highest BCUT2D eigenvalue weighted by Gasteiger charge is 2.31. The lowest BCUT2D eigenvalue weighted by Gasteiger charge is -2.07. The molecule has 0 saturated carbocycles. The van der Waals surface area contributed by atoms with Crippen LogP contribution in [0, 0.1) is 12.3 Å². The van der Waals surface area contributed by atoms with Crippen molar-refractivity contribution in [2.24, 2.45) is 7.05 Å². The predicted molar refractivity (Wildman–Crippen MR) is 71.8 cm³/mol. The third-order valence-electron chi connectivity index (χ3n) is 2.67. The molecule has 0 aliphatic heterocycles. The number of alkyl halides is 3. The lowest BCUT2D eigenvalue weighted by molar-refractivity contribution is -0.628. The molecule has 0 N–H and O–H groups in total. The Morgan fingerprint density at radius 3 is 2.67 bits per heavy atom. The fourth-order valence-electron chi connectivity index (χ4n) is 1.86. The Labute approximate surface area is 141 Å². The number of rotatable bonds is 3. The molecule has 0 spiro atoms. The van der Waals surface area contributed by atoms with Crippen molar-refractivity contribution in [1.29, 1.82) is 0 Å². The van der Waals surface area contributed by atoms with E-state index in [2.05, 4.69) is 10.7 Å². The van der Waals surface area contributed by atoms with Crippen molar-refractivity contribution in [3.8, 4) is 18.1 Å². The van der Waals surface area contributed by atoms with Gasteiger partial charge in [0.25, 0.3) is 0 Å². The Morgan fingerprint density at radius 2 is 2.10 bits per heavy atom. The second-order valence-corrected chi connectivity index (χ2v) is 5.19. The first kappa shape index (κ1) is 17.8. The van der Waals surface area contributed by atoms with E-state index < -0.39 is 6.36 Å². The van der Waals surface area contributed by atoms with Gasteiger partial charge < -0.3 is 28.7 Å². The molecule has 2 aromatic rings. The van der Waals surface area contributed by atoms with E-state index in [-0.39, 0.29) is 29.7 Å². The van der Waals surface area contributed by atoms with Gasteiger partial charge in [0.15, 0.2) is 0 Å². The second-order valence-electron chi connectivity index (χ2n) is 4.18. The van der Waals surface area contributed by atoms with Gasteiger partial charge in [-0.15, -0.1) is 19.6 Å². The topological polar surface area (TPSA) is 16.4 Å². The number of aromatic nitrogens is 1. The summed E-state index contributed by atoms with van der Waals surface area (Å²) in [6.07, 6.45) is 0.579. The van der Waals surface area contributed by atoms with Crippen molar-refractivity contribution in [2.45, 2.75) is 6.36 Å². The lowest BCUT2D eigenvalue weighted by atomic mass is 10.3. The Bertz CT molecular complexity index is 678. The van der Waals surface area contributed by atoms with Crippen LogP contribution in [-0.2, 0) is 7.05 Å². The number of anilines is 1. The third-order valence-corrected chi connectivity index (χ3v) is 3.98. The maximum absolute atomic E-state index is 12.2. The van der Waals surface area contributed by atoms with Crippen LogP contribution >= 0.6 is 11.3 Å². The van der Waals surface area contributed by atoms with Crippen LogP contribution in [0.5, 0.6) is 5.75 Å². The fraction of sp³-hybridized carbons (Fsp3) is 0.308. The second kappa shape index (κ2) is 6.70. The van der Waals surface area contributed by atoms with Gasteiger partial charge in [0.1, 0.15) is 17.8 Å². The first-order valence-electron chi connectivity index (χ1n) is 5.65. The quantitative estimate of drug-likeness (QED) is 0.380. The van der Waals surface area contributed by atoms with Crippen LogP contribution < -0.4 is 38.2 Å². The van der Waals surface area contributed by atoms with Crippen LogP contribution in [-0.4, -0.2) is 20.0 Å². The minimum atomic E-state index is -4.68. The Balaban J connectivity index is 0.00000220. The number of hydrogen-bond donors (Lipinski definition) is 0. The molecule has 0 bridgehead atoms. The molecule has 8 heteroatoms. The molecule has 0 aliphatic rings. The number of hydrogen-bond acceptors (Lipinski definition) is 3. The molecule has 1 aromatic carbocycles. The average Bonchev–Trinajstić information content (AvgIpc) is 2.65. The SMILES string of the molecule is C#CCN(C)c1sc2cc(OC(F)(F)F)ccc2[n+]1C.[I-]. The summed E-state index contributed by atoms with van der Waals surface area (Å²) in [7, 11) is 3.67. The monoisotopic (exact) mass is 428 g/mol. The average molecular weight is 428 g/mol. The normalized spacial score (nSPS) is 10.9. The van der Waals surface area contributed by atoms with E-state index >= 15 is 0 Å². The molecule has 0 amide bonds. The van der Waals surface area contributed by atoms with Gasteiger partial charge in [-0.2, -0.15) is 0 Å². The van der Waals surface area contributed by atoms with Gasteiger partial charge >= 0.3 is 11.5 Å². The summed E-state index contributed by atoms with van der Waals surface area (Å²) in [5.74, 6) is 2.30. The molecular weight excluding hydrogens is 416 g/mol. The maximum atomic E-state index is 12.2. The molecule has 0 aliphatic carbocycles. The Kier molecular flexibility index (Phi) is 5.69. The Morgan fingerprint density at radius 1 is 1.43 bits per heavy atom. The van der Waals surface area contributed by atoms with Gasteiger partial charge in [-0.05, 0) is 23.5 Å². The van der Waals surface area contributed by atoms with E-state index in [0.717, 1.165) is 10.6 Å². The van der Waals surface area contributed by atoms with Crippen LogP contribution in [0.25, 0.3) is 10.2 Å². The summed E-state index contributed by atoms with van der Waals surface area (Å²) >= 11 is 1.36. The number of terminal acetylenes is 1. The van der Waals surface area contributed by atoms with E-state index in [1.165, 1.54) is 23.5 Å². The Hall–Kier alpha value is -1.21. The minimum Gasteiger partial charge on any atom is -1.00 e. The third kappa shape index (κ3) is 4.14. The summed E-state index contributed by atoms with van der Waals surface area (Å²) in [5, 5.41) is 0.863. The van der Waals surface area contributed by atoms with Gasteiger partial charge in [0.05, 0.1) is 18.8 Å². The zero-order valence-corrected chi connectivity index (χ0v) is 14.2. The van der Waals surface area contributed by atoms with E-state index in [4.69, 9.17) is 6.42 Å². The number of aryl methyl sites for hydroxylation is 1. The molecule has 3 nitrogen and oxygen atoms in total. The van der Waals surface area contributed by atoms with Crippen molar-refractivity contribution in [3.63, 3.8) is 0 Å². The molecule has 0 unspecified atom stereocenters. The number of halogens is 4. The van der Waals surface area contributed by atoms with E-state index in [1.807, 2.05) is 23.6 Å². The maximum Gasteiger partial charge on any atom is 0.573 e. The van der Waals surface area contributed by atoms with E-state index in [1.54, 1.807) is 6.07 Å². The molecule has 2 rings (SSSR count). The van der Waals surface area contributed by atoms with Crippen molar-refractivity contribution in [2.75, 3.05) is 18.5 Å². The van der Waals surface area contributed by atoms with Crippen LogP contribution in [0.3, 0.4) is 0 Å². The van der Waals surface area contributed by atoms with Crippen molar-refractivity contribution in [3.05, 3.63) is 18.2 Å². The number of thiazole rings is 1. The molecule has 114 valence electrons. The number of ether oxygens (including phenoxy) is 1. The van der Waals surface area contributed by atoms with E-state index in [0.29, 0.717) is 11.2 Å². The van der Waals surface area contributed by atoms with Gasteiger partial charge in [-0.25, -0.2) is 9.47 Å². The molecular formula is C13H12F3IN2OS. The smallest absolute Gasteiger partial charge is 0.573 e. The van der Waals surface area contributed by atoms with Crippen LogP contribution in [0.15, 0.2) is 18.2 Å². The van der Waals surface area contributed by atoms with Crippen molar-refractivity contribution in [1.82, 2.24) is 0 Å². The number of benzene rings is 1. The summed E-state index contributed by atoms with van der Waals surface area (Å²) in [6, 6.07) is 4.27. The molecule has 0 fully saturated rings. The largest absolute Gasteiger partial charge is 1.00 e. The summed E-state index contributed by atoms with van der Waals surface area (Å²) in [5.41, 5.74) is 0.823. The zero-order valence-electron chi connectivity index (χ0n) is 11.2. The van der Waals surface area contributed by atoms with Gasteiger partial charge in [0.2, 0.25) is 0 Å². The minimum absolute atomic E-state index is 0. The zero-order chi connectivity index (χ0) is 14.9. The first-order valence-corrected chi connectivity index (χ1v) is 6.46. The van der Waals surface area contributed by atoms with Crippen LogP contribution in [0.2, 0.25) is 0 Å². The summed E-state index contributed by atoms with van der Waals surface area (Å²) in [4.78, 5) is 1.86.